The van der Waals surface area contributed by atoms with E-state index >= 15 is 0 Å². The summed E-state index contributed by atoms with van der Waals surface area (Å²) in [6.45, 7) is 4.32. The molecule has 0 bridgehead atoms. The van der Waals surface area contributed by atoms with Gasteiger partial charge < -0.3 is 9.64 Å². The molecule has 8 heteroatoms. The van der Waals surface area contributed by atoms with Gasteiger partial charge in [0.05, 0.1) is 36.7 Å². The van der Waals surface area contributed by atoms with Gasteiger partial charge in [-0.3, -0.25) is 0 Å². The number of ether oxygens (including phenoxy) is 1. The minimum absolute atomic E-state index is 0.258. The molecule has 3 heterocycles. The first kappa shape index (κ1) is 13.9. The highest BCUT2D eigenvalue weighted by Crippen LogP contribution is 2.28. The van der Waals surface area contributed by atoms with Crippen LogP contribution >= 0.6 is 23.4 Å². The van der Waals surface area contributed by atoms with E-state index < -0.39 is 0 Å². The number of halogens is 1. The first-order valence-electron chi connectivity index (χ1n) is 6.43. The number of hydrogen-bond acceptors (Lipinski definition) is 6. The van der Waals surface area contributed by atoms with Crippen LogP contribution in [0.4, 0.5) is 5.82 Å². The number of thioether (sulfide) groups is 1. The maximum absolute atomic E-state index is 6.09. The Balaban J connectivity index is 2.10. The summed E-state index contributed by atoms with van der Waals surface area (Å²) in [4.78, 5) is 10.9. The number of morpholine rings is 1. The van der Waals surface area contributed by atoms with Gasteiger partial charge in [-0.05, 0) is 24.8 Å². The van der Waals surface area contributed by atoms with Gasteiger partial charge in [-0.25, -0.2) is 4.68 Å². The normalized spacial score (nSPS) is 19.8. The smallest absolute Gasteiger partial charge is 0.226 e. The van der Waals surface area contributed by atoms with Crippen LogP contribution < -0.4 is 4.90 Å². The zero-order chi connectivity index (χ0) is 14.1. The topological polar surface area (TPSA) is 56.1 Å². The van der Waals surface area contributed by atoms with E-state index in [0.29, 0.717) is 13.2 Å². The first-order chi connectivity index (χ1) is 9.70. The monoisotopic (exact) mass is 313 g/mol. The fourth-order valence-corrected chi connectivity index (χ4v) is 2.99. The first-order valence-corrected chi connectivity index (χ1v) is 8.20. The highest BCUT2D eigenvalue weighted by molar-refractivity contribution is 7.97. The lowest BCUT2D eigenvalue weighted by Gasteiger charge is -2.34. The average molecular weight is 314 g/mol. The summed E-state index contributed by atoms with van der Waals surface area (Å²) in [6, 6.07) is 0.266. The molecule has 0 aliphatic carbocycles. The van der Waals surface area contributed by atoms with Crippen LogP contribution in [0.25, 0.3) is 11.0 Å². The number of aromatic nitrogens is 4. The van der Waals surface area contributed by atoms with Gasteiger partial charge >= 0.3 is 0 Å². The van der Waals surface area contributed by atoms with E-state index in [-0.39, 0.29) is 11.3 Å². The summed E-state index contributed by atoms with van der Waals surface area (Å²) in [5, 5.41) is 5.58. The van der Waals surface area contributed by atoms with Crippen LogP contribution in [0.3, 0.4) is 0 Å². The fraction of sp³-hybridized carbons (Fsp3) is 0.583. The molecular formula is C12H16ClN5OS. The molecule has 20 heavy (non-hydrogen) atoms. The number of fused-ring (bicyclic) bond motifs is 1. The van der Waals surface area contributed by atoms with E-state index in [1.54, 1.807) is 11.8 Å². The summed E-state index contributed by atoms with van der Waals surface area (Å²) >= 11 is 7.78. The molecule has 3 rings (SSSR count). The number of nitrogens with zero attached hydrogens (tertiary/aromatic N) is 5. The fourth-order valence-electron chi connectivity index (χ4n) is 2.39. The van der Waals surface area contributed by atoms with Gasteiger partial charge in [-0.2, -0.15) is 15.1 Å². The lowest BCUT2D eigenvalue weighted by molar-refractivity contribution is 0.0987. The van der Waals surface area contributed by atoms with E-state index in [1.807, 2.05) is 17.1 Å². The minimum atomic E-state index is 0.258. The quantitative estimate of drug-likeness (QED) is 0.808. The molecule has 2 aromatic rings. The predicted octanol–water partition coefficient (Wildman–Crippen LogP) is 2.03. The van der Waals surface area contributed by atoms with Crippen molar-refractivity contribution in [2.24, 2.45) is 0 Å². The van der Waals surface area contributed by atoms with Crippen molar-refractivity contribution >= 4 is 40.2 Å². The molecule has 0 saturated carbocycles. The summed E-state index contributed by atoms with van der Waals surface area (Å²) in [6.07, 6.45) is 3.85. The lowest BCUT2D eigenvalue weighted by atomic mass is 10.2. The molecule has 0 amide bonds. The Labute approximate surface area is 126 Å². The third-order valence-electron chi connectivity index (χ3n) is 3.34. The molecule has 0 N–H and O–H groups in total. The predicted molar refractivity (Wildman–Crippen MR) is 81.5 cm³/mol. The zero-order valence-electron chi connectivity index (χ0n) is 11.4. The lowest BCUT2D eigenvalue weighted by Crippen LogP contribution is -2.44. The van der Waals surface area contributed by atoms with Crippen molar-refractivity contribution in [2.45, 2.75) is 18.8 Å². The summed E-state index contributed by atoms with van der Waals surface area (Å²) in [5.41, 5.74) is 0.785. The van der Waals surface area contributed by atoms with Crippen LogP contribution in [0.2, 0.25) is 5.28 Å². The van der Waals surface area contributed by atoms with Gasteiger partial charge in [-0.15, -0.1) is 11.8 Å². The van der Waals surface area contributed by atoms with Crippen LogP contribution in [0.1, 0.15) is 6.92 Å². The second-order valence-corrected chi connectivity index (χ2v) is 5.91. The Bertz CT molecular complexity index is 619. The SMILES string of the molecule is CSCn1ncc2c(N3CCOC[C@H]3C)nc(Cl)nc21. The van der Waals surface area contributed by atoms with Crippen molar-refractivity contribution < 1.29 is 4.74 Å². The van der Waals surface area contributed by atoms with E-state index in [0.717, 1.165) is 29.3 Å². The molecule has 1 atom stereocenters. The van der Waals surface area contributed by atoms with Crippen LogP contribution in [0.5, 0.6) is 0 Å². The average Bonchev–Trinajstić information content (AvgIpc) is 2.82. The number of anilines is 1. The van der Waals surface area contributed by atoms with Crippen LogP contribution in [0, 0.1) is 0 Å². The van der Waals surface area contributed by atoms with Gasteiger partial charge in [0.25, 0.3) is 0 Å². The molecule has 1 fully saturated rings. The van der Waals surface area contributed by atoms with Crippen molar-refractivity contribution in [1.82, 2.24) is 19.7 Å². The molecule has 1 aliphatic rings. The van der Waals surface area contributed by atoms with Crippen LogP contribution in [0.15, 0.2) is 6.20 Å². The van der Waals surface area contributed by atoms with E-state index in [1.165, 1.54) is 0 Å². The highest BCUT2D eigenvalue weighted by Gasteiger charge is 2.24. The summed E-state index contributed by atoms with van der Waals surface area (Å²) in [5.74, 6) is 1.60. The van der Waals surface area contributed by atoms with Crippen molar-refractivity contribution in [3.05, 3.63) is 11.5 Å². The number of hydrogen-bond donors (Lipinski definition) is 0. The van der Waals surface area contributed by atoms with Crippen molar-refractivity contribution in [2.75, 3.05) is 30.9 Å². The van der Waals surface area contributed by atoms with Gasteiger partial charge in [0, 0.05) is 6.54 Å². The Hall–Kier alpha value is -1.05. The largest absolute Gasteiger partial charge is 0.377 e. The Morgan fingerprint density at radius 2 is 2.35 bits per heavy atom. The second-order valence-electron chi connectivity index (χ2n) is 4.73. The molecule has 1 saturated heterocycles. The Morgan fingerprint density at radius 3 is 3.10 bits per heavy atom. The molecule has 0 radical (unpaired) electrons. The van der Waals surface area contributed by atoms with Gasteiger partial charge in [0.15, 0.2) is 5.65 Å². The van der Waals surface area contributed by atoms with E-state index in [4.69, 9.17) is 16.3 Å². The zero-order valence-corrected chi connectivity index (χ0v) is 13.0. The molecule has 0 aromatic carbocycles. The van der Waals surface area contributed by atoms with Crippen LogP contribution in [-0.4, -0.2) is 51.8 Å². The molecule has 108 valence electrons. The molecule has 0 unspecified atom stereocenters. The number of rotatable bonds is 3. The minimum Gasteiger partial charge on any atom is -0.377 e. The molecule has 1 aliphatic heterocycles. The van der Waals surface area contributed by atoms with Gasteiger partial charge in [0.1, 0.15) is 5.82 Å². The second kappa shape index (κ2) is 5.75. The van der Waals surface area contributed by atoms with E-state index in [9.17, 15) is 0 Å². The van der Waals surface area contributed by atoms with Crippen molar-refractivity contribution in [1.29, 1.82) is 0 Å². The molecule has 0 spiro atoms. The maximum atomic E-state index is 6.09. The maximum Gasteiger partial charge on any atom is 0.226 e. The molecule has 2 aromatic heterocycles. The Kier molecular flexibility index (Phi) is 4.00. The van der Waals surface area contributed by atoms with E-state index in [2.05, 4.69) is 26.9 Å². The van der Waals surface area contributed by atoms with Crippen molar-refractivity contribution in [3.63, 3.8) is 0 Å². The van der Waals surface area contributed by atoms with Gasteiger partial charge in [-0.1, -0.05) is 0 Å². The molecular weight excluding hydrogens is 298 g/mol. The standard InChI is InChI=1S/C12H16ClN5OS/c1-8-6-19-4-3-17(8)10-9-5-14-18(7-20-2)11(9)16-12(13)15-10/h5,8H,3-4,6-7H2,1-2H3/t8-/m1/s1. The third-order valence-corrected chi connectivity index (χ3v) is 4.01. The third kappa shape index (κ3) is 2.45. The van der Waals surface area contributed by atoms with Gasteiger partial charge in [0.2, 0.25) is 5.28 Å². The summed E-state index contributed by atoms with van der Waals surface area (Å²) < 4.78 is 7.33. The van der Waals surface area contributed by atoms with Crippen molar-refractivity contribution in [3.8, 4) is 0 Å². The summed E-state index contributed by atoms with van der Waals surface area (Å²) in [7, 11) is 0. The van der Waals surface area contributed by atoms with Crippen LogP contribution in [-0.2, 0) is 10.6 Å². The highest BCUT2D eigenvalue weighted by atomic mass is 35.5. The Morgan fingerprint density at radius 1 is 1.50 bits per heavy atom. The molecule has 6 nitrogen and oxygen atoms in total.